The molecule has 1 saturated heterocycles. The van der Waals surface area contributed by atoms with Crippen LogP contribution in [0.4, 0.5) is 0 Å². The molecule has 0 spiro atoms. The molecule has 1 aliphatic carbocycles. The Kier molecular flexibility index (Phi) is 8.50. The zero-order valence-corrected chi connectivity index (χ0v) is 22.3. The maximum atomic E-state index is 12.9. The van der Waals surface area contributed by atoms with Gasteiger partial charge in [0.25, 0.3) is 0 Å². The van der Waals surface area contributed by atoms with Crippen molar-refractivity contribution < 1.29 is 18.8 Å². The number of nitrogens with zero attached hydrogens (tertiary/aromatic N) is 1. The minimum Gasteiger partial charge on any atom is -0.427 e. The third-order valence-electron chi connectivity index (χ3n) is 8.38. The van der Waals surface area contributed by atoms with Gasteiger partial charge in [0.1, 0.15) is 5.75 Å². The molecule has 2 aromatic rings. The minimum absolute atomic E-state index is 0.00973. The summed E-state index contributed by atoms with van der Waals surface area (Å²) in [5, 5.41) is 3.39. The van der Waals surface area contributed by atoms with Crippen molar-refractivity contribution in [3.8, 4) is 5.75 Å². The molecule has 1 N–H and O–H groups in total. The average molecular weight is 492 g/mol. The number of carbonyl (C=O) groups is 2. The smallest absolute Gasteiger partial charge is 0.308 e. The van der Waals surface area contributed by atoms with E-state index in [4.69, 9.17) is 4.74 Å². The Morgan fingerprint density at radius 3 is 2.61 bits per heavy atom. The fraction of sp³-hybridized carbons (Fsp3) is 0.548. The average Bonchev–Trinajstić information content (AvgIpc) is 2.84. The van der Waals surface area contributed by atoms with Crippen molar-refractivity contribution in [3.63, 3.8) is 0 Å². The number of likely N-dealkylation sites (tertiary alicyclic amines) is 1. The first kappa shape index (κ1) is 26.4. The molecule has 3 atom stereocenters. The summed E-state index contributed by atoms with van der Waals surface area (Å²) in [6, 6.07) is 18.9. The highest BCUT2D eigenvalue weighted by atomic mass is 16.5. The van der Waals surface area contributed by atoms with Crippen LogP contribution >= 0.6 is 0 Å². The monoisotopic (exact) mass is 491 g/mol. The van der Waals surface area contributed by atoms with Crippen LogP contribution in [0.1, 0.15) is 69.4 Å². The molecule has 36 heavy (non-hydrogen) atoms. The third kappa shape index (κ3) is 6.76. The molecule has 2 aliphatic rings. The Morgan fingerprint density at radius 1 is 1.03 bits per heavy atom. The molecule has 1 amide bonds. The van der Waals surface area contributed by atoms with Gasteiger partial charge in [-0.2, -0.15) is 0 Å². The van der Waals surface area contributed by atoms with Gasteiger partial charge in [0.15, 0.2) is 0 Å². The van der Waals surface area contributed by atoms with E-state index < -0.39 is 0 Å². The summed E-state index contributed by atoms with van der Waals surface area (Å²) in [6.07, 6.45) is 9.02. The molecule has 2 aromatic carbocycles. The highest BCUT2D eigenvalue weighted by molar-refractivity contribution is 5.76. The van der Waals surface area contributed by atoms with Crippen LogP contribution in [-0.2, 0) is 21.4 Å². The molecule has 5 heteroatoms. The molecule has 4 rings (SSSR count). The van der Waals surface area contributed by atoms with Crippen LogP contribution < -0.4 is 10.1 Å². The topological polar surface area (TPSA) is 55.4 Å². The summed E-state index contributed by atoms with van der Waals surface area (Å²) < 4.78 is 6.47. The number of benzene rings is 2. The zero-order chi connectivity index (χ0) is 25.6. The standard InChI is InChI=1S/C31H42N2O3/c1-24(34)36-29-15-10-14-26(21-29)31-19-20-33(2,3)23-27(31)17-18-28(22-31)32-30(35)16-9-5-8-13-25-11-6-4-7-12-25/h4,6-7,10-12,14-15,21,27-28H,5,8-9,13,16-20,22-23H2,1-3H3/p+1/t27-,28-,31+/m1/s1. The third-order valence-corrected chi connectivity index (χ3v) is 8.38. The molecular formula is C31H43N2O3+. The molecule has 0 unspecified atom stereocenters. The molecule has 1 heterocycles. The van der Waals surface area contributed by atoms with Crippen LogP contribution in [0.3, 0.4) is 0 Å². The van der Waals surface area contributed by atoms with Crippen LogP contribution in [-0.4, -0.2) is 49.6 Å². The van der Waals surface area contributed by atoms with Crippen LogP contribution in [0.15, 0.2) is 54.6 Å². The van der Waals surface area contributed by atoms with Crippen LogP contribution in [0.2, 0.25) is 0 Å². The van der Waals surface area contributed by atoms with E-state index in [2.05, 4.69) is 61.9 Å². The Labute approximate surface area is 216 Å². The number of hydrogen-bond donors (Lipinski definition) is 1. The normalized spacial score (nSPS) is 25.0. The number of quaternary nitrogens is 1. The molecule has 1 saturated carbocycles. The molecular weight excluding hydrogens is 448 g/mol. The molecule has 0 radical (unpaired) electrons. The molecule has 194 valence electrons. The summed E-state index contributed by atoms with van der Waals surface area (Å²) >= 11 is 0. The van der Waals surface area contributed by atoms with Gasteiger partial charge in [0, 0.05) is 37.1 Å². The SMILES string of the molecule is CC(=O)Oc1cccc([C@@]23CC[N+](C)(C)C[C@H]2CC[C@@H](NC(=O)CCCCCc2ccccc2)C3)c1. The molecule has 0 aromatic heterocycles. The fourth-order valence-corrected chi connectivity index (χ4v) is 6.54. The number of nitrogens with one attached hydrogen (secondary N) is 1. The maximum absolute atomic E-state index is 12.9. The largest absolute Gasteiger partial charge is 0.427 e. The zero-order valence-electron chi connectivity index (χ0n) is 22.3. The summed E-state index contributed by atoms with van der Waals surface area (Å²) in [7, 11) is 4.65. The quantitative estimate of drug-likeness (QED) is 0.221. The van der Waals surface area contributed by atoms with E-state index in [0.29, 0.717) is 18.1 Å². The number of ether oxygens (including phenoxy) is 1. The highest BCUT2D eigenvalue weighted by Gasteiger charge is 2.51. The predicted octanol–water partition coefficient (Wildman–Crippen LogP) is 5.42. The number of carbonyl (C=O) groups excluding carboxylic acids is 2. The van der Waals surface area contributed by atoms with Crippen molar-refractivity contribution in [2.75, 3.05) is 27.2 Å². The van der Waals surface area contributed by atoms with Gasteiger partial charge < -0.3 is 14.5 Å². The van der Waals surface area contributed by atoms with Crippen molar-refractivity contribution in [2.45, 2.75) is 76.2 Å². The number of esters is 1. The number of rotatable bonds is 9. The van der Waals surface area contributed by atoms with Crippen molar-refractivity contribution in [2.24, 2.45) is 5.92 Å². The van der Waals surface area contributed by atoms with Gasteiger partial charge in [-0.1, -0.05) is 48.9 Å². The second kappa shape index (κ2) is 11.6. The Bertz CT molecular complexity index is 1040. The van der Waals surface area contributed by atoms with E-state index in [1.54, 1.807) is 0 Å². The molecule has 0 bridgehead atoms. The summed E-state index contributed by atoms with van der Waals surface area (Å²) in [5.41, 5.74) is 2.64. The van der Waals surface area contributed by atoms with Crippen LogP contribution in [0.25, 0.3) is 0 Å². The Morgan fingerprint density at radius 2 is 1.83 bits per heavy atom. The van der Waals surface area contributed by atoms with Gasteiger partial charge in [-0.05, 0) is 61.8 Å². The highest BCUT2D eigenvalue weighted by Crippen LogP contribution is 2.50. The maximum Gasteiger partial charge on any atom is 0.308 e. The molecule has 5 nitrogen and oxygen atoms in total. The van der Waals surface area contributed by atoms with Crippen molar-refractivity contribution in [3.05, 3.63) is 65.7 Å². The number of amides is 1. The lowest BCUT2D eigenvalue weighted by molar-refractivity contribution is -0.901. The van der Waals surface area contributed by atoms with Gasteiger partial charge in [-0.15, -0.1) is 0 Å². The summed E-state index contributed by atoms with van der Waals surface area (Å²) in [5.74, 6) is 1.07. The number of unbranched alkanes of at least 4 members (excludes halogenated alkanes) is 2. The van der Waals surface area contributed by atoms with Gasteiger partial charge >= 0.3 is 5.97 Å². The lowest BCUT2D eigenvalue weighted by atomic mass is 9.57. The van der Waals surface area contributed by atoms with Crippen molar-refractivity contribution in [1.29, 1.82) is 0 Å². The van der Waals surface area contributed by atoms with Crippen LogP contribution in [0, 0.1) is 5.92 Å². The Balaban J connectivity index is 1.37. The summed E-state index contributed by atoms with van der Waals surface area (Å²) in [6.45, 7) is 3.69. The lowest BCUT2D eigenvalue weighted by Crippen LogP contribution is -2.60. The number of aryl methyl sites for hydroxylation is 1. The second-order valence-corrected chi connectivity index (χ2v) is 11.7. The first-order chi connectivity index (χ1) is 17.3. The Hall–Kier alpha value is -2.66. The van der Waals surface area contributed by atoms with E-state index in [0.717, 1.165) is 68.9 Å². The van der Waals surface area contributed by atoms with Crippen molar-refractivity contribution in [1.82, 2.24) is 5.32 Å². The number of piperidine rings is 1. The van der Waals surface area contributed by atoms with Gasteiger partial charge in [-0.25, -0.2) is 0 Å². The fourth-order valence-electron chi connectivity index (χ4n) is 6.54. The van der Waals surface area contributed by atoms with Gasteiger partial charge in [-0.3, -0.25) is 9.59 Å². The first-order valence-electron chi connectivity index (χ1n) is 13.7. The van der Waals surface area contributed by atoms with Gasteiger partial charge in [0.2, 0.25) is 5.91 Å². The number of fused-ring (bicyclic) bond motifs is 1. The lowest BCUT2D eigenvalue weighted by Gasteiger charge is -2.54. The number of hydrogen-bond acceptors (Lipinski definition) is 3. The summed E-state index contributed by atoms with van der Waals surface area (Å²) in [4.78, 5) is 24.4. The minimum atomic E-state index is -0.291. The van der Waals surface area contributed by atoms with E-state index >= 15 is 0 Å². The predicted molar refractivity (Wildman–Crippen MR) is 144 cm³/mol. The van der Waals surface area contributed by atoms with Gasteiger partial charge in [0.05, 0.1) is 27.2 Å². The van der Waals surface area contributed by atoms with Crippen LogP contribution in [0.5, 0.6) is 5.75 Å². The molecule has 1 aliphatic heterocycles. The van der Waals surface area contributed by atoms with Crippen molar-refractivity contribution >= 4 is 11.9 Å². The molecule has 2 fully saturated rings. The van der Waals surface area contributed by atoms with E-state index in [-0.39, 0.29) is 23.3 Å². The van der Waals surface area contributed by atoms with E-state index in [9.17, 15) is 9.59 Å². The first-order valence-corrected chi connectivity index (χ1v) is 13.7. The second-order valence-electron chi connectivity index (χ2n) is 11.7. The van der Waals surface area contributed by atoms with E-state index in [1.165, 1.54) is 18.1 Å². The van der Waals surface area contributed by atoms with E-state index in [1.807, 2.05) is 12.1 Å².